The molecule has 0 aliphatic rings. The van der Waals surface area contributed by atoms with Crippen molar-refractivity contribution in [3.05, 3.63) is 22.9 Å². The summed E-state index contributed by atoms with van der Waals surface area (Å²) in [5.74, 6) is 0. The zero-order valence-corrected chi connectivity index (χ0v) is 7.93. The molecule has 0 aliphatic heterocycles. The fraction of sp³-hybridized carbons (Fsp3) is 0.250. The summed E-state index contributed by atoms with van der Waals surface area (Å²) < 4.78 is 5.70. The Morgan fingerprint density at radius 2 is 2.47 bits per heavy atom. The minimum absolute atomic E-state index is 0.192. The topological polar surface area (TPSA) is 89.9 Å². The highest BCUT2D eigenvalue weighted by Gasteiger charge is 2.13. The summed E-state index contributed by atoms with van der Waals surface area (Å²) >= 11 is 0. The van der Waals surface area contributed by atoms with E-state index >= 15 is 0 Å². The van der Waals surface area contributed by atoms with E-state index in [2.05, 4.69) is 15.1 Å². The van der Waals surface area contributed by atoms with Crippen molar-refractivity contribution in [3.8, 4) is 0 Å². The molecule has 0 aromatic carbocycles. The number of ether oxygens (including phenoxy) is 1. The van der Waals surface area contributed by atoms with E-state index in [1.54, 1.807) is 6.92 Å². The van der Waals surface area contributed by atoms with Gasteiger partial charge in [0, 0.05) is 0 Å². The van der Waals surface area contributed by atoms with Crippen LogP contribution < -0.4 is 5.56 Å². The normalized spacial score (nSPS) is 10.5. The number of rotatable bonds is 1. The number of carbonyl (C=O) groups excluding carboxylic acids is 1. The molecule has 0 bridgehead atoms. The number of fused-ring (bicyclic) bond motifs is 1. The lowest BCUT2D eigenvalue weighted by molar-refractivity contribution is 0.151. The van der Waals surface area contributed by atoms with E-state index in [-0.39, 0.29) is 23.2 Å². The monoisotopic (exact) mass is 208 g/mol. The molecular formula is C8H8N4O3. The Balaban J connectivity index is 2.59. The van der Waals surface area contributed by atoms with Gasteiger partial charge in [0.25, 0.3) is 5.56 Å². The van der Waals surface area contributed by atoms with Gasteiger partial charge < -0.3 is 9.72 Å². The van der Waals surface area contributed by atoms with Crippen LogP contribution in [0.4, 0.5) is 4.79 Å². The van der Waals surface area contributed by atoms with E-state index < -0.39 is 6.09 Å². The fourth-order valence-corrected chi connectivity index (χ4v) is 1.17. The maximum atomic E-state index is 11.4. The first-order valence-corrected chi connectivity index (χ1v) is 4.32. The Kier molecular flexibility index (Phi) is 2.20. The Hall–Kier alpha value is -2.18. The van der Waals surface area contributed by atoms with Gasteiger partial charge >= 0.3 is 6.09 Å². The number of aromatic amines is 1. The highest BCUT2D eigenvalue weighted by molar-refractivity contribution is 5.83. The summed E-state index contributed by atoms with van der Waals surface area (Å²) in [4.78, 5) is 28.9. The van der Waals surface area contributed by atoms with Crippen molar-refractivity contribution in [2.45, 2.75) is 6.92 Å². The molecule has 7 nitrogen and oxygen atoms in total. The molecule has 0 aliphatic carbocycles. The van der Waals surface area contributed by atoms with Crippen LogP contribution in [0.3, 0.4) is 0 Å². The zero-order chi connectivity index (χ0) is 10.8. The van der Waals surface area contributed by atoms with Crippen LogP contribution in [0.25, 0.3) is 11.0 Å². The molecule has 0 spiro atoms. The van der Waals surface area contributed by atoms with Crippen LogP contribution in [0.2, 0.25) is 0 Å². The Bertz CT molecular complexity index is 556. The maximum absolute atomic E-state index is 11.4. The van der Waals surface area contributed by atoms with Crippen LogP contribution in [-0.2, 0) is 4.74 Å². The summed E-state index contributed by atoms with van der Waals surface area (Å²) in [6, 6.07) is 0. The van der Waals surface area contributed by atoms with Crippen LogP contribution in [0.5, 0.6) is 0 Å². The highest BCUT2D eigenvalue weighted by Crippen LogP contribution is 2.04. The minimum Gasteiger partial charge on any atom is -0.448 e. The summed E-state index contributed by atoms with van der Waals surface area (Å²) in [6.45, 7) is 1.92. The number of aromatic nitrogens is 4. The van der Waals surface area contributed by atoms with Crippen molar-refractivity contribution in [3.63, 3.8) is 0 Å². The smallest absolute Gasteiger partial charge is 0.436 e. The average molecular weight is 208 g/mol. The van der Waals surface area contributed by atoms with Gasteiger partial charge in [-0.1, -0.05) is 0 Å². The van der Waals surface area contributed by atoms with Gasteiger partial charge in [-0.05, 0) is 6.92 Å². The van der Waals surface area contributed by atoms with Crippen LogP contribution in [0, 0.1) is 0 Å². The van der Waals surface area contributed by atoms with Gasteiger partial charge in [-0.3, -0.25) is 4.79 Å². The van der Waals surface area contributed by atoms with Crippen molar-refractivity contribution < 1.29 is 9.53 Å². The van der Waals surface area contributed by atoms with Crippen LogP contribution >= 0.6 is 0 Å². The lowest BCUT2D eigenvalue weighted by Gasteiger charge is -2.00. The molecule has 1 N–H and O–H groups in total. The van der Waals surface area contributed by atoms with Crippen molar-refractivity contribution in [2.75, 3.05) is 6.61 Å². The predicted octanol–water partition coefficient (Wildman–Crippen LogP) is 0.124. The molecule has 0 amide bonds. The number of nitrogens with one attached hydrogen (secondary N) is 1. The highest BCUT2D eigenvalue weighted by atomic mass is 16.5. The lowest BCUT2D eigenvalue weighted by atomic mass is 10.4. The van der Waals surface area contributed by atoms with Gasteiger partial charge in [0.15, 0.2) is 5.65 Å². The van der Waals surface area contributed by atoms with Gasteiger partial charge in [-0.15, -0.1) is 4.68 Å². The second-order valence-electron chi connectivity index (χ2n) is 2.72. The van der Waals surface area contributed by atoms with Crippen molar-refractivity contribution in [1.82, 2.24) is 19.7 Å². The molecule has 7 heteroatoms. The zero-order valence-electron chi connectivity index (χ0n) is 7.93. The van der Waals surface area contributed by atoms with E-state index in [4.69, 9.17) is 4.74 Å². The van der Waals surface area contributed by atoms with Gasteiger partial charge in [0.1, 0.15) is 5.39 Å². The quantitative estimate of drug-likeness (QED) is 0.719. The molecule has 0 radical (unpaired) electrons. The minimum atomic E-state index is -0.648. The first-order chi connectivity index (χ1) is 7.24. The molecule has 15 heavy (non-hydrogen) atoms. The number of hydrogen-bond donors (Lipinski definition) is 1. The average Bonchev–Trinajstić information content (AvgIpc) is 2.63. The molecule has 0 saturated carbocycles. The van der Waals surface area contributed by atoms with E-state index in [9.17, 15) is 9.59 Å². The molecule has 0 atom stereocenters. The molecule has 2 heterocycles. The third-order valence-corrected chi connectivity index (χ3v) is 1.81. The molecule has 2 aromatic heterocycles. The van der Waals surface area contributed by atoms with Gasteiger partial charge in [-0.2, -0.15) is 5.10 Å². The number of nitrogens with zero attached hydrogens (tertiary/aromatic N) is 3. The van der Waals surface area contributed by atoms with E-state index in [0.29, 0.717) is 0 Å². The molecule has 78 valence electrons. The van der Waals surface area contributed by atoms with Crippen LogP contribution in [0.15, 0.2) is 17.3 Å². The van der Waals surface area contributed by atoms with Crippen LogP contribution in [-0.4, -0.2) is 32.4 Å². The second kappa shape index (κ2) is 3.52. The van der Waals surface area contributed by atoms with Gasteiger partial charge in [-0.25, -0.2) is 9.78 Å². The summed E-state index contributed by atoms with van der Waals surface area (Å²) in [6.07, 6.45) is 1.84. The largest absolute Gasteiger partial charge is 0.448 e. The number of carbonyl (C=O) groups is 1. The Morgan fingerprint density at radius 1 is 1.67 bits per heavy atom. The van der Waals surface area contributed by atoms with Gasteiger partial charge in [0.2, 0.25) is 0 Å². The Morgan fingerprint density at radius 3 is 3.20 bits per heavy atom. The SMILES string of the molecule is CCOC(=O)n1ncc2c(=O)[nH]cnc21. The van der Waals surface area contributed by atoms with Crippen molar-refractivity contribution in [2.24, 2.45) is 0 Å². The number of H-pyrrole nitrogens is 1. The second-order valence-corrected chi connectivity index (χ2v) is 2.72. The van der Waals surface area contributed by atoms with Crippen LogP contribution in [0.1, 0.15) is 6.92 Å². The van der Waals surface area contributed by atoms with E-state index in [1.165, 1.54) is 12.5 Å². The van der Waals surface area contributed by atoms with E-state index in [1.807, 2.05) is 0 Å². The van der Waals surface area contributed by atoms with Gasteiger partial charge in [0.05, 0.1) is 19.1 Å². The predicted molar refractivity (Wildman–Crippen MR) is 50.6 cm³/mol. The summed E-state index contributed by atoms with van der Waals surface area (Å²) in [5.41, 5.74) is -0.146. The first-order valence-electron chi connectivity index (χ1n) is 4.32. The molecule has 2 aromatic rings. The molecule has 0 unspecified atom stereocenters. The number of hydrogen-bond acceptors (Lipinski definition) is 5. The summed E-state index contributed by atoms with van der Waals surface area (Å²) in [7, 11) is 0. The van der Waals surface area contributed by atoms with Crippen molar-refractivity contribution >= 4 is 17.1 Å². The molecule has 2 rings (SSSR count). The molecule has 0 saturated heterocycles. The molecular weight excluding hydrogens is 200 g/mol. The van der Waals surface area contributed by atoms with E-state index in [0.717, 1.165) is 4.68 Å². The maximum Gasteiger partial charge on any atom is 0.436 e. The first kappa shape index (κ1) is 9.38. The third-order valence-electron chi connectivity index (χ3n) is 1.81. The fourth-order valence-electron chi connectivity index (χ4n) is 1.17. The lowest BCUT2D eigenvalue weighted by Crippen LogP contribution is -2.16. The standard InChI is InChI=1S/C8H8N4O3/c1-2-15-8(14)12-6-5(3-11-12)7(13)10-4-9-6/h3-4H,2H2,1H3,(H,9,10,13). The third kappa shape index (κ3) is 1.47. The molecule has 0 fully saturated rings. The van der Waals surface area contributed by atoms with Crippen molar-refractivity contribution in [1.29, 1.82) is 0 Å². The Labute approximate surface area is 83.7 Å². The summed E-state index contributed by atoms with van der Waals surface area (Å²) in [5, 5.41) is 3.99.